The van der Waals surface area contributed by atoms with Crippen LogP contribution in [0.4, 0.5) is 0 Å². The van der Waals surface area contributed by atoms with Gasteiger partial charge in [0.15, 0.2) is 0 Å². The molecule has 1 aliphatic heterocycles. The van der Waals surface area contributed by atoms with Gasteiger partial charge >= 0.3 is 0 Å². The molecule has 1 N–H and O–H groups in total. The number of nitrogens with zero attached hydrogens (tertiary/aromatic N) is 2. The van der Waals surface area contributed by atoms with Crippen molar-refractivity contribution < 1.29 is 9.59 Å². The van der Waals surface area contributed by atoms with Crippen LogP contribution in [0.2, 0.25) is 0 Å². The third kappa shape index (κ3) is 4.61. The summed E-state index contributed by atoms with van der Waals surface area (Å²) in [5, 5.41) is 5.17. The number of rotatable bonds is 4. The quantitative estimate of drug-likeness (QED) is 0.895. The maximum Gasteiger partial charge on any atom is 0.264 e. The molecule has 1 atom stereocenters. The molecule has 1 saturated carbocycles. The van der Waals surface area contributed by atoms with Crippen LogP contribution in [0.5, 0.6) is 0 Å². The highest BCUT2D eigenvalue weighted by molar-refractivity contribution is 7.12. The van der Waals surface area contributed by atoms with Gasteiger partial charge in [0.1, 0.15) is 0 Å². The predicted octanol–water partition coefficient (Wildman–Crippen LogP) is 2.59. The Balaban J connectivity index is 1.45. The van der Waals surface area contributed by atoms with Crippen molar-refractivity contribution in [3.8, 4) is 0 Å². The summed E-state index contributed by atoms with van der Waals surface area (Å²) in [6.45, 7) is 7.17. The van der Waals surface area contributed by atoms with E-state index in [1.165, 1.54) is 24.2 Å². The van der Waals surface area contributed by atoms with Gasteiger partial charge in [0.05, 0.1) is 10.9 Å². The average molecular weight is 364 g/mol. The van der Waals surface area contributed by atoms with Gasteiger partial charge in [-0.2, -0.15) is 0 Å². The van der Waals surface area contributed by atoms with E-state index in [2.05, 4.69) is 17.1 Å². The molecule has 0 aromatic carbocycles. The minimum absolute atomic E-state index is 0.114. The summed E-state index contributed by atoms with van der Waals surface area (Å²) in [7, 11) is 0. The highest BCUT2D eigenvalue weighted by atomic mass is 32.1. The Morgan fingerprint density at radius 3 is 2.44 bits per heavy atom. The molecule has 138 valence electrons. The van der Waals surface area contributed by atoms with E-state index in [1.807, 2.05) is 29.3 Å². The summed E-state index contributed by atoms with van der Waals surface area (Å²) in [4.78, 5) is 29.9. The molecule has 2 amide bonds. The van der Waals surface area contributed by atoms with Crippen molar-refractivity contribution >= 4 is 23.2 Å². The van der Waals surface area contributed by atoms with Crippen molar-refractivity contribution in [1.82, 2.24) is 15.1 Å². The minimum Gasteiger partial charge on any atom is -0.352 e. The SMILES string of the molecule is CC1CCC(NC(=O)C(C)N2CCN(C(=O)c3cccs3)CC2)CC1. The number of thiophene rings is 1. The Morgan fingerprint density at radius 1 is 1.16 bits per heavy atom. The van der Waals surface area contributed by atoms with Crippen LogP contribution in [0.15, 0.2) is 17.5 Å². The van der Waals surface area contributed by atoms with Crippen LogP contribution in [0.25, 0.3) is 0 Å². The molecular weight excluding hydrogens is 334 g/mol. The molecule has 2 heterocycles. The van der Waals surface area contributed by atoms with Crippen molar-refractivity contribution in [2.75, 3.05) is 26.2 Å². The first-order valence-electron chi connectivity index (χ1n) is 9.42. The smallest absolute Gasteiger partial charge is 0.264 e. The second-order valence-corrected chi connectivity index (χ2v) is 8.39. The monoisotopic (exact) mass is 363 g/mol. The number of piperazine rings is 1. The molecule has 3 rings (SSSR count). The summed E-state index contributed by atoms with van der Waals surface area (Å²) in [5.74, 6) is 1.04. The van der Waals surface area contributed by atoms with Crippen molar-refractivity contribution in [3.63, 3.8) is 0 Å². The van der Waals surface area contributed by atoms with Gasteiger partial charge < -0.3 is 10.2 Å². The van der Waals surface area contributed by atoms with Crippen molar-refractivity contribution in [1.29, 1.82) is 0 Å². The molecule has 6 heteroatoms. The van der Waals surface area contributed by atoms with E-state index in [0.717, 1.165) is 36.7 Å². The lowest BCUT2D eigenvalue weighted by atomic mass is 9.87. The fourth-order valence-corrected chi connectivity index (χ4v) is 4.45. The zero-order valence-corrected chi connectivity index (χ0v) is 16.1. The molecule has 1 aromatic rings. The van der Waals surface area contributed by atoms with E-state index in [1.54, 1.807) is 0 Å². The van der Waals surface area contributed by atoms with Gasteiger partial charge in [0, 0.05) is 32.2 Å². The number of amides is 2. The molecule has 0 radical (unpaired) electrons. The lowest BCUT2D eigenvalue weighted by molar-refractivity contribution is -0.127. The van der Waals surface area contributed by atoms with Crippen molar-refractivity contribution in [2.24, 2.45) is 5.92 Å². The first-order chi connectivity index (χ1) is 12.0. The molecule has 1 unspecified atom stereocenters. The maximum absolute atomic E-state index is 12.6. The standard InChI is InChI=1S/C19H29N3O2S/c1-14-5-7-16(8-6-14)20-18(23)15(2)21-9-11-22(12-10-21)19(24)17-4-3-13-25-17/h3-4,13-16H,5-12H2,1-2H3,(H,20,23). The first-order valence-corrected chi connectivity index (χ1v) is 10.3. The molecule has 1 saturated heterocycles. The molecule has 5 nitrogen and oxygen atoms in total. The molecular formula is C19H29N3O2S. The van der Waals surface area contributed by atoms with E-state index in [0.29, 0.717) is 19.1 Å². The predicted molar refractivity (Wildman–Crippen MR) is 101 cm³/mol. The highest BCUT2D eigenvalue weighted by Gasteiger charge is 2.29. The van der Waals surface area contributed by atoms with E-state index < -0.39 is 0 Å². The van der Waals surface area contributed by atoms with Crippen LogP contribution < -0.4 is 5.32 Å². The molecule has 2 fully saturated rings. The van der Waals surface area contributed by atoms with Crippen LogP contribution in [-0.2, 0) is 4.79 Å². The Bertz CT molecular complexity index is 573. The van der Waals surface area contributed by atoms with Gasteiger partial charge in [-0.25, -0.2) is 0 Å². The van der Waals surface area contributed by atoms with Gasteiger partial charge in [0.25, 0.3) is 5.91 Å². The lowest BCUT2D eigenvalue weighted by Crippen LogP contribution is -2.56. The Labute approximate surface area is 154 Å². The molecule has 0 bridgehead atoms. The van der Waals surface area contributed by atoms with Gasteiger partial charge in [-0.15, -0.1) is 11.3 Å². The molecule has 2 aliphatic rings. The van der Waals surface area contributed by atoms with Crippen LogP contribution in [-0.4, -0.2) is 59.9 Å². The van der Waals surface area contributed by atoms with Gasteiger partial charge in [-0.1, -0.05) is 13.0 Å². The Morgan fingerprint density at radius 2 is 1.84 bits per heavy atom. The van der Waals surface area contributed by atoms with Crippen molar-refractivity contribution in [3.05, 3.63) is 22.4 Å². The van der Waals surface area contributed by atoms with Crippen LogP contribution >= 0.6 is 11.3 Å². The molecule has 0 spiro atoms. The maximum atomic E-state index is 12.6. The van der Waals surface area contributed by atoms with E-state index >= 15 is 0 Å². The zero-order chi connectivity index (χ0) is 17.8. The summed E-state index contributed by atoms with van der Waals surface area (Å²) in [6, 6.07) is 4.00. The lowest BCUT2D eigenvalue weighted by Gasteiger charge is -2.38. The largest absolute Gasteiger partial charge is 0.352 e. The fourth-order valence-electron chi connectivity index (χ4n) is 3.76. The summed E-state index contributed by atoms with van der Waals surface area (Å²) >= 11 is 1.49. The van der Waals surface area contributed by atoms with Crippen molar-refractivity contribution in [2.45, 2.75) is 51.6 Å². The number of nitrogens with one attached hydrogen (secondary N) is 1. The number of hydrogen-bond acceptors (Lipinski definition) is 4. The molecule has 1 aromatic heterocycles. The van der Waals surface area contributed by atoms with E-state index in [9.17, 15) is 9.59 Å². The normalized spacial score (nSPS) is 26.2. The van der Waals surface area contributed by atoms with Crippen LogP contribution in [0.3, 0.4) is 0 Å². The number of hydrogen-bond donors (Lipinski definition) is 1. The second-order valence-electron chi connectivity index (χ2n) is 7.45. The fraction of sp³-hybridized carbons (Fsp3) is 0.684. The first kappa shape index (κ1) is 18.4. The number of carbonyl (C=O) groups is 2. The third-order valence-corrected chi connectivity index (χ3v) is 6.48. The van der Waals surface area contributed by atoms with E-state index in [-0.39, 0.29) is 17.9 Å². The van der Waals surface area contributed by atoms with Gasteiger partial charge in [-0.3, -0.25) is 14.5 Å². The second kappa shape index (κ2) is 8.32. The summed E-state index contributed by atoms with van der Waals surface area (Å²) in [5.41, 5.74) is 0. The van der Waals surface area contributed by atoms with Gasteiger partial charge in [-0.05, 0) is 50.0 Å². The number of carbonyl (C=O) groups excluding carboxylic acids is 2. The third-order valence-electron chi connectivity index (χ3n) is 5.62. The van der Waals surface area contributed by atoms with Crippen LogP contribution in [0.1, 0.15) is 49.2 Å². The Kier molecular flexibility index (Phi) is 6.12. The van der Waals surface area contributed by atoms with Gasteiger partial charge in [0.2, 0.25) is 5.91 Å². The zero-order valence-electron chi connectivity index (χ0n) is 15.2. The van der Waals surface area contributed by atoms with Crippen LogP contribution in [0, 0.1) is 5.92 Å². The topological polar surface area (TPSA) is 52.7 Å². The summed E-state index contributed by atoms with van der Waals surface area (Å²) < 4.78 is 0. The highest BCUT2D eigenvalue weighted by Crippen LogP contribution is 2.23. The summed E-state index contributed by atoms with van der Waals surface area (Å²) in [6.07, 6.45) is 4.62. The molecule has 25 heavy (non-hydrogen) atoms. The molecule has 1 aliphatic carbocycles. The average Bonchev–Trinajstić information content (AvgIpc) is 3.17. The Hall–Kier alpha value is -1.40. The van der Waals surface area contributed by atoms with E-state index in [4.69, 9.17) is 0 Å². The minimum atomic E-state index is -0.127.